The van der Waals surface area contributed by atoms with Gasteiger partial charge in [0.05, 0.1) is 10.7 Å². The second-order valence-corrected chi connectivity index (χ2v) is 6.70. The van der Waals surface area contributed by atoms with Crippen molar-refractivity contribution >= 4 is 11.3 Å². The Hall–Kier alpha value is -0.450. The van der Waals surface area contributed by atoms with E-state index in [1.54, 1.807) is 0 Å². The fourth-order valence-corrected chi connectivity index (χ4v) is 2.85. The molecule has 98 valence electrons. The van der Waals surface area contributed by atoms with Crippen LogP contribution in [0.3, 0.4) is 0 Å². The highest BCUT2D eigenvalue weighted by Crippen LogP contribution is 2.22. The van der Waals surface area contributed by atoms with Crippen LogP contribution in [-0.2, 0) is 6.54 Å². The lowest BCUT2D eigenvalue weighted by Crippen LogP contribution is -2.38. The minimum Gasteiger partial charge on any atom is -0.330 e. The Kier molecular flexibility index (Phi) is 5.10. The van der Waals surface area contributed by atoms with E-state index in [1.807, 2.05) is 11.3 Å². The molecule has 0 aliphatic heterocycles. The summed E-state index contributed by atoms with van der Waals surface area (Å²) >= 11 is 1.81. The number of aromatic nitrogens is 1. The van der Waals surface area contributed by atoms with Crippen molar-refractivity contribution in [2.45, 2.75) is 41.2 Å². The van der Waals surface area contributed by atoms with Gasteiger partial charge in [-0.1, -0.05) is 20.8 Å². The standard InChI is InChI=1S/C13H25N3S/c1-6-16(9-13(4,5)8-14)7-12-10(2)15-11(3)17-12/h6-9,14H2,1-5H3. The zero-order chi connectivity index (χ0) is 13.1. The fraction of sp³-hybridized carbons (Fsp3) is 0.769. The summed E-state index contributed by atoms with van der Waals surface area (Å²) in [6.07, 6.45) is 0. The predicted molar refractivity (Wildman–Crippen MR) is 75.4 cm³/mol. The van der Waals surface area contributed by atoms with E-state index >= 15 is 0 Å². The number of rotatable bonds is 6. The van der Waals surface area contributed by atoms with Crippen molar-refractivity contribution in [2.24, 2.45) is 11.1 Å². The van der Waals surface area contributed by atoms with Crippen molar-refractivity contribution in [3.05, 3.63) is 15.6 Å². The van der Waals surface area contributed by atoms with Gasteiger partial charge in [0.25, 0.3) is 0 Å². The lowest BCUT2D eigenvalue weighted by Gasteiger charge is -2.30. The summed E-state index contributed by atoms with van der Waals surface area (Å²) in [7, 11) is 0. The number of thiazole rings is 1. The van der Waals surface area contributed by atoms with Crippen LogP contribution in [0.2, 0.25) is 0 Å². The zero-order valence-electron chi connectivity index (χ0n) is 11.7. The van der Waals surface area contributed by atoms with Crippen molar-refractivity contribution in [2.75, 3.05) is 19.6 Å². The van der Waals surface area contributed by atoms with Gasteiger partial charge in [0.1, 0.15) is 0 Å². The van der Waals surface area contributed by atoms with E-state index in [2.05, 4.69) is 44.5 Å². The lowest BCUT2D eigenvalue weighted by molar-refractivity contribution is 0.184. The monoisotopic (exact) mass is 255 g/mol. The van der Waals surface area contributed by atoms with Gasteiger partial charge in [-0.15, -0.1) is 11.3 Å². The third kappa shape index (κ3) is 4.37. The second kappa shape index (κ2) is 5.94. The maximum atomic E-state index is 5.80. The van der Waals surface area contributed by atoms with Gasteiger partial charge in [0.2, 0.25) is 0 Å². The number of nitrogens with zero attached hydrogens (tertiary/aromatic N) is 2. The van der Waals surface area contributed by atoms with E-state index in [0.29, 0.717) is 0 Å². The van der Waals surface area contributed by atoms with Crippen LogP contribution in [0.1, 0.15) is 36.3 Å². The molecule has 0 spiro atoms. The first-order valence-corrected chi connectivity index (χ1v) is 7.05. The van der Waals surface area contributed by atoms with Crippen molar-refractivity contribution in [1.82, 2.24) is 9.88 Å². The highest BCUT2D eigenvalue weighted by molar-refractivity contribution is 7.11. The molecule has 1 aromatic heterocycles. The molecule has 0 aliphatic rings. The van der Waals surface area contributed by atoms with Gasteiger partial charge < -0.3 is 5.73 Å². The topological polar surface area (TPSA) is 42.2 Å². The fourth-order valence-electron chi connectivity index (χ4n) is 1.87. The molecule has 0 saturated carbocycles. The first-order valence-electron chi connectivity index (χ1n) is 6.23. The van der Waals surface area contributed by atoms with E-state index in [4.69, 9.17) is 5.73 Å². The maximum Gasteiger partial charge on any atom is 0.0900 e. The third-order valence-electron chi connectivity index (χ3n) is 3.02. The minimum atomic E-state index is 0.184. The van der Waals surface area contributed by atoms with Crippen molar-refractivity contribution < 1.29 is 0 Å². The van der Waals surface area contributed by atoms with Crippen LogP contribution in [0.5, 0.6) is 0 Å². The van der Waals surface area contributed by atoms with Crippen LogP contribution in [0.4, 0.5) is 0 Å². The summed E-state index contributed by atoms with van der Waals surface area (Å²) in [5.74, 6) is 0. The predicted octanol–water partition coefficient (Wildman–Crippen LogP) is 2.57. The Morgan fingerprint density at radius 3 is 2.41 bits per heavy atom. The average Bonchev–Trinajstić information content (AvgIpc) is 2.56. The molecule has 0 fully saturated rings. The van der Waals surface area contributed by atoms with Crippen LogP contribution in [0.25, 0.3) is 0 Å². The van der Waals surface area contributed by atoms with E-state index in [1.165, 1.54) is 10.6 Å². The Balaban J connectivity index is 2.67. The molecular formula is C13H25N3S. The highest BCUT2D eigenvalue weighted by atomic mass is 32.1. The number of nitrogens with two attached hydrogens (primary N) is 1. The zero-order valence-corrected chi connectivity index (χ0v) is 12.5. The second-order valence-electron chi connectivity index (χ2n) is 5.41. The molecule has 0 atom stereocenters. The maximum absolute atomic E-state index is 5.80. The van der Waals surface area contributed by atoms with Crippen LogP contribution in [0, 0.1) is 19.3 Å². The van der Waals surface area contributed by atoms with E-state index in [9.17, 15) is 0 Å². The van der Waals surface area contributed by atoms with Crippen molar-refractivity contribution in [1.29, 1.82) is 0 Å². The highest BCUT2D eigenvalue weighted by Gasteiger charge is 2.20. The molecule has 0 bridgehead atoms. The molecule has 0 aromatic carbocycles. The molecular weight excluding hydrogens is 230 g/mol. The average molecular weight is 255 g/mol. The van der Waals surface area contributed by atoms with Gasteiger partial charge in [0.15, 0.2) is 0 Å². The summed E-state index contributed by atoms with van der Waals surface area (Å²) in [6, 6.07) is 0. The lowest BCUT2D eigenvalue weighted by atomic mass is 9.93. The largest absolute Gasteiger partial charge is 0.330 e. The van der Waals surface area contributed by atoms with Gasteiger partial charge in [-0.25, -0.2) is 4.98 Å². The molecule has 1 heterocycles. The van der Waals surface area contributed by atoms with Gasteiger partial charge in [-0.3, -0.25) is 4.90 Å². The molecule has 4 heteroatoms. The van der Waals surface area contributed by atoms with Gasteiger partial charge in [-0.05, 0) is 32.4 Å². The van der Waals surface area contributed by atoms with Gasteiger partial charge in [0, 0.05) is 18.0 Å². The molecule has 1 aromatic rings. The Morgan fingerprint density at radius 2 is 2.00 bits per heavy atom. The number of aryl methyl sites for hydroxylation is 2. The van der Waals surface area contributed by atoms with Gasteiger partial charge in [-0.2, -0.15) is 0 Å². The quantitative estimate of drug-likeness (QED) is 0.849. The summed E-state index contributed by atoms with van der Waals surface area (Å²) in [4.78, 5) is 8.32. The Labute approximate surface area is 109 Å². The van der Waals surface area contributed by atoms with Gasteiger partial charge >= 0.3 is 0 Å². The van der Waals surface area contributed by atoms with Crippen LogP contribution in [-0.4, -0.2) is 29.5 Å². The van der Waals surface area contributed by atoms with Crippen LogP contribution < -0.4 is 5.73 Å². The number of hydrogen-bond donors (Lipinski definition) is 1. The van der Waals surface area contributed by atoms with E-state index in [-0.39, 0.29) is 5.41 Å². The molecule has 0 amide bonds. The molecule has 2 N–H and O–H groups in total. The van der Waals surface area contributed by atoms with Crippen molar-refractivity contribution in [3.63, 3.8) is 0 Å². The SMILES string of the molecule is CCN(Cc1sc(C)nc1C)CC(C)(C)CN. The molecule has 0 radical (unpaired) electrons. The Morgan fingerprint density at radius 1 is 1.35 bits per heavy atom. The molecule has 17 heavy (non-hydrogen) atoms. The third-order valence-corrected chi connectivity index (χ3v) is 4.08. The first kappa shape index (κ1) is 14.6. The Bertz CT molecular complexity index is 358. The summed E-state index contributed by atoms with van der Waals surface area (Å²) in [5, 5.41) is 1.16. The number of hydrogen-bond acceptors (Lipinski definition) is 4. The van der Waals surface area contributed by atoms with Crippen LogP contribution >= 0.6 is 11.3 Å². The summed E-state index contributed by atoms with van der Waals surface area (Å²) in [6.45, 7) is 14.6. The normalized spacial score (nSPS) is 12.4. The minimum absolute atomic E-state index is 0.184. The summed E-state index contributed by atoms with van der Waals surface area (Å²) < 4.78 is 0. The molecule has 0 aliphatic carbocycles. The first-order chi connectivity index (χ1) is 7.88. The van der Waals surface area contributed by atoms with E-state index < -0.39 is 0 Å². The molecule has 0 unspecified atom stereocenters. The smallest absolute Gasteiger partial charge is 0.0900 e. The molecule has 1 rings (SSSR count). The van der Waals surface area contributed by atoms with Crippen molar-refractivity contribution in [3.8, 4) is 0 Å². The van der Waals surface area contributed by atoms with E-state index in [0.717, 1.165) is 31.2 Å². The van der Waals surface area contributed by atoms with Crippen LogP contribution in [0.15, 0.2) is 0 Å². The molecule has 0 saturated heterocycles. The summed E-state index contributed by atoms with van der Waals surface area (Å²) in [5.41, 5.74) is 7.16. The molecule has 3 nitrogen and oxygen atoms in total.